The third-order valence-electron chi connectivity index (χ3n) is 3.38. The summed E-state index contributed by atoms with van der Waals surface area (Å²) in [5.74, 6) is 0.767. The number of hydrogen-bond acceptors (Lipinski definition) is 5. The topological polar surface area (TPSA) is 75.5 Å². The molecule has 2 heterocycles. The van der Waals surface area contributed by atoms with Crippen molar-refractivity contribution in [2.24, 2.45) is 5.92 Å². The summed E-state index contributed by atoms with van der Waals surface area (Å²) in [6.07, 6.45) is 0.641. The first-order valence-corrected chi connectivity index (χ1v) is 5.92. The van der Waals surface area contributed by atoms with Gasteiger partial charge < -0.3 is 14.7 Å². The van der Waals surface area contributed by atoms with Crippen molar-refractivity contribution in [1.29, 1.82) is 0 Å². The number of methoxy groups -OCH3 is 1. The number of carbonyl (C=O) groups is 1. The molecular weight excluding hydrogens is 234 g/mol. The second kappa shape index (κ2) is 4.80. The number of carboxylic acids is 1. The Labute approximate surface area is 106 Å². The predicted octanol–water partition coefficient (Wildman–Crippen LogP) is 1.09. The normalized spacial score (nSPS) is 23.2. The maximum Gasteiger partial charge on any atom is 0.308 e. The van der Waals surface area contributed by atoms with Crippen LogP contribution in [-0.2, 0) is 4.79 Å². The standard InChI is InChI=1S/C12H17N3O3/c1-7-9(12(16)17)4-5-15(7)10-6-11(18-3)14-8(2)13-10/h6-7,9H,4-5H2,1-3H3,(H,16,17). The molecule has 0 radical (unpaired) electrons. The van der Waals surface area contributed by atoms with Gasteiger partial charge in [-0.25, -0.2) is 4.98 Å². The van der Waals surface area contributed by atoms with Gasteiger partial charge in [0.2, 0.25) is 5.88 Å². The summed E-state index contributed by atoms with van der Waals surface area (Å²) in [7, 11) is 1.55. The maximum atomic E-state index is 11.1. The monoisotopic (exact) mass is 251 g/mol. The lowest BCUT2D eigenvalue weighted by Crippen LogP contribution is -2.33. The largest absolute Gasteiger partial charge is 0.481 e. The summed E-state index contributed by atoms with van der Waals surface area (Å²) < 4.78 is 5.11. The van der Waals surface area contributed by atoms with Crippen LogP contribution in [0.4, 0.5) is 5.82 Å². The van der Waals surface area contributed by atoms with Crippen molar-refractivity contribution in [3.05, 3.63) is 11.9 Å². The van der Waals surface area contributed by atoms with Gasteiger partial charge >= 0.3 is 5.97 Å². The molecular formula is C12H17N3O3. The van der Waals surface area contributed by atoms with Crippen molar-refractivity contribution < 1.29 is 14.6 Å². The van der Waals surface area contributed by atoms with E-state index in [9.17, 15) is 4.79 Å². The number of hydrogen-bond donors (Lipinski definition) is 1. The van der Waals surface area contributed by atoms with Crippen LogP contribution in [0, 0.1) is 12.8 Å². The Morgan fingerprint density at radius 2 is 2.28 bits per heavy atom. The van der Waals surface area contributed by atoms with Gasteiger partial charge in [-0.1, -0.05) is 0 Å². The summed E-state index contributed by atoms with van der Waals surface area (Å²) >= 11 is 0. The number of ether oxygens (including phenoxy) is 1. The third-order valence-corrected chi connectivity index (χ3v) is 3.38. The van der Waals surface area contributed by atoms with Gasteiger partial charge in [-0.2, -0.15) is 4.98 Å². The number of rotatable bonds is 3. The Bertz CT molecular complexity index is 464. The quantitative estimate of drug-likeness (QED) is 0.866. The van der Waals surface area contributed by atoms with Gasteiger partial charge in [-0.05, 0) is 20.3 Å². The van der Waals surface area contributed by atoms with Crippen LogP contribution in [0.15, 0.2) is 6.07 Å². The summed E-state index contributed by atoms with van der Waals surface area (Å²) in [4.78, 5) is 21.6. The highest BCUT2D eigenvalue weighted by atomic mass is 16.5. The van der Waals surface area contributed by atoms with E-state index in [-0.39, 0.29) is 12.0 Å². The molecule has 0 spiro atoms. The van der Waals surface area contributed by atoms with Crippen LogP contribution >= 0.6 is 0 Å². The molecule has 1 fully saturated rings. The van der Waals surface area contributed by atoms with Gasteiger partial charge in [0.1, 0.15) is 11.6 Å². The fourth-order valence-electron chi connectivity index (χ4n) is 2.37. The number of aryl methyl sites for hydroxylation is 1. The minimum Gasteiger partial charge on any atom is -0.481 e. The molecule has 2 unspecified atom stereocenters. The highest BCUT2D eigenvalue weighted by Crippen LogP contribution is 2.30. The lowest BCUT2D eigenvalue weighted by molar-refractivity contribution is -0.141. The van der Waals surface area contributed by atoms with Crippen molar-refractivity contribution in [2.45, 2.75) is 26.3 Å². The highest BCUT2D eigenvalue weighted by Gasteiger charge is 2.36. The summed E-state index contributed by atoms with van der Waals surface area (Å²) in [5.41, 5.74) is 0. The van der Waals surface area contributed by atoms with E-state index in [1.165, 1.54) is 0 Å². The van der Waals surface area contributed by atoms with Crippen molar-refractivity contribution in [3.8, 4) is 5.88 Å². The molecule has 6 nitrogen and oxygen atoms in total. The fourth-order valence-corrected chi connectivity index (χ4v) is 2.37. The minimum absolute atomic E-state index is 0.0680. The molecule has 0 amide bonds. The second-order valence-electron chi connectivity index (χ2n) is 4.48. The molecule has 1 aliphatic rings. The molecule has 18 heavy (non-hydrogen) atoms. The summed E-state index contributed by atoms with van der Waals surface area (Å²) in [6.45, 7) is 4.40. The molecule has 6 heteroatoms. The molecule has 0 aliphatic carbocycles. The Morgan fingerprint density at radius 1 is 1.56 bits per heavy atom. The Hall–Kier alpha value is -1.85. The maximum absolute atomic E-state index is 11.1. The number of aromatic nitrogens is 2. The van der Waals surface area contributed by atoms with Crippen LogP contribution in [0.1, 0.15) is 19.2 Å². The zero-order valence-electron chi connectivity index (χ0n) is 10.8. The first-order chi connectivity index (χ1) is 8.52. The van der Waals surface area contributed by atoms with Crippen LogP contribution in [0.25, 0.3) is 0 Å². The van der Waals surface area contributed by atoms with Gasteiger partial charge in [0.25, 0.3) is 0 Å². The molecule has 1 aromatic rings. The van der Waals surface area contributed by atoms with E-state index >= 15 is 0 Å². The van der Waals surface area contributed by atoms with Crippen molar-refractivity contribution in [1.82, 2.24) is 9.97 Å². The number of nitrogens with zero attached hydrogens (tertiary/aromatic N) is 3. The molecule has 1 N–H and O–H groups in total. The van der Waals surface area contributed by atoms with Crippen LogP contribution in [0.3, 0.4) is 0 Å². The smallest absolute Gasteiger partial charge is 0.308 e. The number of carboxylic acid groups (broad SMARTS) is 1. The molecule has 2 atom stereocenters. The first kappa shape index (κ1) is 12.6. The van der Waals surface area contributed by atoms with Crippen molar-refractivity contribution >= 4 is 11.8 Å². The molecule has 1 aliphatic heterocycles. The Kier molecular flexibility index (Phi) is 3.36. The zero-order valence-corrected chi connectivity index (χ0v) is 10.8. The average molecular weight is 251 g/mol. The lowest BCUT2D eigenvalue weighted by Gasteiger charge is -2.24. The molecule has 0 saturated carbocycles. The SMILES string of the molecule is COc1cc(N2CCC(C(=O)O)C2C)nc(C)n1. The van der Waals surface area contributed by atoms with Crippen LogP contribution in [0.5, 0.6) is 5.88 Å². The Balaban J connectivity index is 2.27. The van der Waals surface area contributed by atoms with Gasteiger partial charge in [-0.15, -0.1) is 0 Å². The summed E-state index contributed by atoms with van der Waals surface area (Å²) in [6, 6.07) is 1.68. The van der Waals surface area contributed by atoms with Gasteiger partial charge in [0.15, 0.2) is 0 Å². The summed E-state index contributed by atoms with van der Waals surface area (Å²) in [5, 5.41) is 9.12. The van der Waals surface area contributed by atoms with Gasteiger partial charge in [0.05, 0.1) is 13.0 Å². The molecule has 0 bridgehead atoms. The van der Waals surface area contributed by atoms with E-state index in [0.29, 0.717) is 24.7 Å². The van der Waals surface area contributed by atoms with E-state index in [1.807, 2.05) is 11.8 Å². The molecule has 98 valence electrons. The zero-order chi connectivity index (χ0) is 13.3. The van der Waals surface area contributed by atoms with E-state index in [2.05, 4.69) is 9.97 Å². The van der Waals surface area contributed by atoms with Crippen LogP contribution < -0.4 is 9.64 Å². The Morgan fingerprint density at radius 3 is 2.83 bits per heavy atom. The minimum atomic E-state index is -0.747. The van der Waals surface area contributed by atoms with Crippen molar-refractivity contribution in [2.75, 3.05) is 18.6 Å². The first-order valence-electron chi connectivity index (χ1n) is 5.92. The molecule has 2 rings (SSSR count). The molecule has 1 aromatic heterocycles. The van der Waals surface area contributed by atoms with Crippen LogP contribution in [-0.4, -0.2) is 40.7 Å². The highest BCUT2D eigenvalue weighted by molar-refractivity contribution is 5.72. The molecule has 0 aromatic carbocycles. The van der Waals surface area contributed by atoms with Gasteiger partial charge in [0, 0.05) is 18.7 Å². The fraction of sp³-hybridized carbons (Fsp3) is 0.583. The van der Waals surface area contributed by atoms with E-state index < -0.39 is 5.97 Å². The van der Waals surface area contributed by atoms with Crippen LogP contribution in [0.2, 0.25) is 0 Å². The van der Waals surface area contributed by atoms with Gasteiger partial charge in [-0.3, -0.25) is 4.79 Å². The van der Waals surface area contributed by atoms with E-state index in [0.717, 1.165) is 5.82 Å². The number of anilines is 1. The second-order valence-corrected chi connectivity index (χ2v) is 4.48. The van der Waals surface area contributed by atoms with E-state index in [1.54, 1.807) is 20.1 Å². The van der Waals surface area contributed by atoms with Crippen molar-refractivity contribution in [3.63, 3.8) is 0 Å². The third kappa shape index (κ3) is 2.23. The predicted molar refractivity (Wildman–Crippen MR) is 65.9 cm³/mol. The number of aliphatic carboxylic acids is 1. The average Bonchev–Trinajstić information content (AvgIpc) is 2.70. The van der Waals surface area contributed by atoms with E-state index in [4.69, 9.17) is 9.84 Å². The lowest BCUT2D eigenvalue weighted by atomic mass is 10.0. The molecule has 1 saturated heterocycles.